The van der Waals surface area contributed by atoms with E-state index in [1.807, 2.05) is 30.5 Å². The third kappa shape index (κ3) is 3.28. The highest BCUT2D eigenvalue weighted by Gasteiger charge is 2.20. The van der Waals surface area contributed by atoms with Crippen molar-refractivity contribution in [3.8, 4) is 11.5 Å². The first-order chi connectivity index (χ1) is 10.1. The van der Waals surface area contributed by atoms with E-state index in [1.54, 1.807) is 23.9 Å². The van der Waals surface area contributed by atoms with Crippen molar-refractivity contribution in [2.45, 2.75) is 11.0 Å². The lowest BCUT2D eigenvalue weighted by Crippen LogP contribution is -2.03. The molecule has 0 aliphatic carbocycles. The summed E-state index contributed by atoms with van der Waals surface area (Å²) in [7, 11) is 3.06. The summed E-state index contributed by atoms with van der Waals surface area (Å²) in [5.74, 6) is 0.944. The molecule has 0 radical (unpaired) electrons. The van der Waals surface area contributed by atoms with E-state index in [4.69, 9.17) is 21.1 Å². The number of aliphatic hydroxyl groups excluding tert-OH is 1. The molecular formula is C16H17ClO3S. The zero-order chi connectivity index (χ0) is 15.4. The number of hydrogen-bond donors (Lipinski definition) is 1. The van der Waals surface area contributed by atoms with Crippen LogP contribution in [0.1, 0.15) is 17.2 Å². The van der Waals surface area contributed by atoms with Gasteiger partial charge in [-0.2, -0.15) is 0 Å². The molecule has 1 unspecified atom stereocenters. The van der Waals surface area contributed by atoms with Crippen molar-refractivity contribution in [3.63, 3.8) is 0 Å². The van der Waals surface area contributed by atoms with Crippen molar-refractivity contribution in [1.82, 2.24) is 0 Å². The third-order valence-corrected chi connectivity index (χ3v) is 4.34. The fourth-order valence-corrected chi connectivity index (χ4v) is 2.83. The summed E-state index contributed by atoms with van der Waals surface area (Å²) in [6.45, 7) is 0. The van der Waals surface area contributed by atoms with Gasteiger partial charge in [-0.3, -0.25) is 0 Å². The van der Waals surface area contributed by atoms with Gasteiger partial charge in [0.15, 0.2) is 0 Å². The van der Waals surface area contributed by atoms with Crippen molar-refractivity contribution >= 4 is 23.4 Å². The van der Waals surface area contributed by atoms with Gasteiger partial charge in [0.2, 0.25) is 0 Å². The quantitative estimate of drug-likeness (QED) is 0.838. The number of ether oxygens (including phenoxy) is 2. The molecule has 0 saturated carbocycles. The van der Waals surface area contributed by atoms with E-state index >= 15 is 0 Å². The summed E-state index contributed by atoms with van der Waals surface area (Å²) >= 11 is 7.89. The van der Waals surface area contributed by atoms with Crippen LogP contribution in [-0.4, -0.2) is 25.6 Å². The Bertz CT molecular complexity index is 614. The second-order valence-electron chi connectivity index (χ2n) is 4.38. The Morgan fingerprint density at radius 2 is 1.71 bits per heavy atom. The Morgan fingerprint density at radius 1 is 1.05 bits per heavy atom. The molecule has 0 amide bonds. The Kier molecular flexibility index (Phi) is 5.39. The number of benzene rings is 2. The smallest absolute Gasteiger partial charge is 0.147 e. The van der Waals surface area contributed by atoms with Crippen LogP contribution in [0.4, 0.5) is 0 Å². The highest BCUT2D eigenvalue weighted by Crippen LogP contribution is 2.41. The van der Waals surface area contributed by atoms with E-state index in [9.17, 15) is 5.11 Å². The van der Waals surface area contributed by atoms with Crippen molar-refractivity contribution in [3.05, 3.63) is 52.5 Å². The Labute approximate surface area is 133 Å². The molecule has 0 bridgehead atoms. The van der Waals surface area contributed by atoms with E-state index in [-0.39, 0.29) is 0 Å². The minimum absolute atomic E-state index is 0.359. The van der Waals surface area contributed by atoms with Gasteiger partial charge in [0.05, 0.1) is 14.2 Å². The first-order valence-electron chi connectivity index (χ1n) is 6.34. The molecule has 0 aliphatic rings. The van der Waals surface area contributed by atoms with Gasteiger partial charge in [-0.1, -0.05) is 23.7 Å². The fourth-order valence-electron chi connectivity index (χ4n) is 2.10. The Morgan fingerprint density at radius 3 is 2.24 bits per heavy atom. The van der Waals surface area contributed by atoms with Crippen molar-refractivity contribution in [2.24, 2.45) is 0 Å². The summed E-state index contributed by atoms with van der Waals surface area (Å²) in [5, 5.41) is 10.9. The van der Waals surface area contributed by atoms with Crippen LogP contribution in [0.3, 0.4) is 0 Å². The second-order valence-corrected chi connectivity index (χ2v) is 5.64. The minimum atomic E-state index is -0.806. The van der Waals surface area contributed by atoms with Crippen LogP contribution in [0.2, 0.25) is 5.02 Å². The van der Waals surface area contributed by atoms with Crippen LogP contribution >= 0.6 is 23.4 Å². The van der Waals surface area contributed by atoms with E-state index < -0.39 is 6.10 Å². The van der Waals surface area contributed by atoms with E-state index in [1.165, 1.54) is 14.2 Å². The van der Waals surface area contributed by atoms with Crippen LogP contribution in [0.5, 0.6) is 11.5 Å². The standard InChI is InChI=1S/C16H17ClO3S/c1-19-13-9-8-12(16(20-2)14(13)17)15(18)10-4-6-11(21-3)7-5-10/h4-9,15,18H,1-3H3. The predicted octanol–water partition coefficient (Wildman–Crippen LogP) is 4.16. The summed E-state index contributed by atoms with van der Waals surface area (Å²) in [4.78, 5) is 1.14. The van der Waals surface area contributed by atoms with Crippen LogP contribution in [0, 0.1) is 0 Å². The second kappa shape index (κ2) is 7.07. The van der Waals surface area contributed by atoms with Crippen LogP contribution in [-0.2, 0) is 0 Å². The molecule has 0 saturated heterocycles. The van der Waals surface area contributed by atoms with Gasteiger partial charge >= 0.3 is 0 Å². The lowest BCUT2D eigenvalue weighted by molar-refractivity contribution is 0.214. The molecule has 0 fully saturated rings. The zero-order valence-electron chi connectivity index (χ0n) is 12.1. The molecule has 3 nitrogen and oxygen atoms in total. The van der Waals surface area contributed by atoms with Crippen molar-refractivity contribution in [2.75, 3.05) is 20.5 Å². The molecule has 2 rings (SSSR count). The third-order valence-electron chi connectivity index (χ3n) is 3.24. The molecule has 0 spiro atoms. The number of thioether (sulfide) groups is 1. The molecule has 21 heavy (non-hydrogen) atoms. The first kappa shape index (κ1) is 16.0. The largest absolute Gasteiger partial charge is 0.495 e. The molecular weight excluding hydrogens is 308 g/mol. The fraction of sp³-hybridized carbons (Fsp3) is 0.250. The molecule has 1 atom stereocenters. The predicted molar refractivity (Wildman–Crippen MR) is 86.8 cm³/mol. The van der Waals surface area contributed by atoms with Gasteiger partial charge in [0, 0.05) is 10.5 Å². The van der Waals surface area contributed by atoms with Crippen LogP contribution < -0.4 is 9.47 Å². The average molecular weight is 325 g/mol. The van der Waals surface area contributed by atoms with E-state index in [2.05, 4.69) is 0 Å². The zero-order valence-corrected chi connectivity index (χ0v) is 13.7. The molecule has 112 valence electrons. The summed E-state index contributed by atoms with van der Waals surface area (Å²) < 4.78 is 10.5. The Hall–Kier alpha value is -1.36. The number of aliphatic hydroxyl groups is 1. The number of hydrogen-bond acceptors (Lipinski definition) is 4. The van der Waals surface area contributed by atoms with Gasteiger partial charge in [-0.25, -0.2) is 0 Å². The molecule has 0 aliphatic heterocycles. The lowest BCUT2D eigenvalue weighted by atomic mass is 10.0. The van der Waals surface area contributed by atoms with Gasteiger partial charge in [-0.05, 0) is 36.1 Å². The lowest BCUT2D eigenvalue weighted by Gasteiger charge is -2.18. The van der Waals surface area contributed by atoms with E-state index in [0.29, 0.717) is 22.1 Å². The molecule has 5 heteroatoms. The molecule has 2 aromatic rings. The highest BCUT2D eigenvalue weighted by atomic mass is 35.5. The summed E-state index contributed by atoms with van der Waals surface area (Å²) in [6.07, 6.45) is 1.21. The van der Waals surface area contributed by atoms with Crippen molar-refractivity contribution in [1.29, 1.82) is 0 Å². The summed E-state index contributed by atoms with van der Waals surface area (Å²) in [6, 6.07) is 11.2. The van der Waals surface area contributed by atoms with Crippen molar-refractivity contribution < 1.29 is 14.6 Å². The maximum atomic E-state index is 10.6. The molecule has 1 N–H and O–H groups in total. The SMILES string of the molecule is COc1ccc(C(O)c2ccc(SC)cc2)c(OC)c1Cl. The monoisotopic (exact) mass is 324 g/mol. The van der Waals surface area contributed by atoms with Crippen LogP contribution in [0.15, 0.2) is 41.3 Å². The minimum Gasteiger partial charge on any atom is -0.495 e. The maximum Gasteiger partial charge on any atom is 0.147 e. The van der Waals surface area contributed by atoms with Gasteiger partial charge < -0.3 is 14.6 Å². The number of methoxy groups -OCH3 is 2. The van der Waals surface area contributed by atoms with Gasteiger partial charge in [0.1, 0.15) is 22.6 Å². The molecule has 0 aromatic heterocycles. The number of halogens is 1. The van der Waals surface area contributed by atoms with E-state index in [0.717, 1.165) is 10.5 Å². The Balaban J connectivity index is 2.42. The average Bonchev–Trinajstić information content (AvgIpc) is 2.54. The van der Waals surface area contributed by atoms with Crippen LogP contribution in [0.25, 0.3) is 0 Å². The summed E-state index contributed by atoms with van der Waals surface area (Å²) in [5.41, 5.74) is 1.40. The first-order valence-corrected chi connectivity index (χ1v) is 7.95. The maximum absolute atomic E-state index is 10.6. The van der Waals surface area contributed by atoms with Gasteiger partial charge in [0.25, 0.3) is 0 Å². The topological polar surface area (TPSA) is 38.7 Å². The number of rotatable bonds is 5. The normalized spacial score (nSPS) is 12.0. The molecule has 2 aromatic carbocycles. The highest BCUT2D eigenvalue weighted by molar-refractivity contribution is 7.98. The van der Waals surface area contributed by atoms with Gasteiger partial charge in [-0.15, -0.1) is 11.8 Å². The molecule has 0 heterocycles.